The molecule has 0 aromatic heterocycles. The van der Waals surface area contributed by atoms with E-state index in [0.717, 1.165) is 11.1 Å². The lowest BCUT2D eigenvalue weighted by Gasteiger charge is -2.12. The van der Waals surface area contributed by atoms with Crippen molar-refractivity contribution in [2.24, 2.45) is 0 Å². The lowest BCUT2D eigenvalue weighted by atomic mass is 10.0. The molecule has 4 heteroatoms. The predicted octanol–water partition coefficient (Wildman–Crippen LogP) is 4.62. The van der Waals surface area contributed by atoms with E-state index in [9.17, 15) is 8.78 Å². The first kappa shape index (κ1) is 12.8. The second-order valence-electron chi connectivity index (χ2n) is 3.72. The van der Waals surface area contributed by atoms with Crippen LogP contribution < -0.4 is 4.74 Å². The molecule has 0 bridgehead atoms. The van der Waals surface area contributed by atoms with Crippen LogP contribution in [-0.4, -0.2) is 6.61 Å². The minimum absolute atomic E-state index is 0.115. The molecular weight excluding hydrogens is 258 g/mol. The van der Waals surface area contributed by atoms with Crippen molar-refractivity contribution in [2.75, 3.05) is 0 Å². The highest BCUT2D eigenvalue weighted by molar-refractivity contribution is 6.22. The van der Waals surface area contributed by atoms with E-state index >= 15 is 0 Å². The Kier molecular flexibility index (Phi) is 4.15. The van der Waals surface area contributed by atoms with E-state index in [1.165, 1.54) is 12.1 Å². The van der Waals surface area contributed by atoms with E-state index in [-0.39, 0.29) is 11.1 Å². The first-order valence-electron chi connectivity index (χ1n) is 5.40. The average molecular weight is 269 g/mol. The largest absolute Gasteiger partial charge is 0.435 e. The molecule has 2 rings (SSSR count). The zero-order valence-electron chi connectivity index (χ0n) is 9.39. The van der Waals surface area contributed by atoms with Crippen LogP contribution in [0.25, 0.3) is 0 Å². The van der Waals surface area contributed by atoms with E-state index in [1.807, 2.05) is 30.3 Å². The van der Waals surface area contributed by atoms with Crippen LogP contribution in [0.5, 0.6) is 5.75 Å². The van der Waals surface area contributed by atoms with Crippen LogP contribution >= 0.6 is 11.6 Å². The molecule has 1 unspecified atom stereocenters. The molecule has 18 heavy (non-hydrogen) atoms. The standard InChI is InChI=1S/C14H11ClF2O/c15-13(10-5-2-1-3-6-10)11-7-4-8-12(9-11)18-14(16)17/h1-9,13-14H. The average Bonchev–Trinajstić information content (AvgIpc) is 2.38. The number of rotatable bonds is 4. The quantitative estimate of drug-likeness (QED) is 0.736. The van der Waals surface area contributed by atoms with Gasteiger partial charge in [-0.25, -0.2) is 0 Å². The summed E-state index contributed by atoms with van der Waals surface area (Å²) in [5, 5.41) is -0.382. The Morgan fingerprint density at radius 2 is 1.56 bits per heavy atom. The van der Waals surface area contributed by atoms with Crippen molar-refractivity contribution in [1.29, 1.82) is 0 Å². The first-order chi connectivity index (χ1) is 8.66. The molecule has 0 aliphatic rings. The molecule has 0 spiro atoms. The zero-order valence-corrected chi connectivity index (χ0v) is 10.1. The minimum atomic E-state index is -2.83. The molecule has 0 saturated carbocycles. The van der Waals surface area contributed by atoms with Gasteiger partial charge < -0.3 is 4.74 Å². The van der Waals surface area contributed by atoms with Gasteiger partial charge in [-0.1, -0.05) is 42.5 Å². The molecule has 0 saturated heterocycles. The third kappa shape index (κ3) is 3.20. The minimum Gasteiger partial charge on any atom is -0.435 e. The Balaban J connectivity index is 2.23. The Bertz CT molecular complexity index is 502. The number of benzene rings is 2. The molecule has 2 aromatic rings. The molecule has 0 fully saturated rings. The van der Waals surface area contributed by atoms with Gasteiger partial charge in [0.1, 0.15) is 5.75 Å². The van der Waals surface area contributed by atoms with Gasteiger partial charge >= 0.3 is 6.61 Å². The van der Waals surface area contributed by atoms with Gasteiger partial charge in [-0.05, 0) is 23.3 Å². The Hall–Kier alpha value is -1.61. The van der Waals surface area contributed by atoms with Crippen LogP contribution in [0.1, 0.15) is 16.5 Å². The van der Waals surface area contributed by atoms with Crippen molar-refractivity contribution in [3.8, 4) is 5.75 Å². The van der Waals surface area contributed by atoms with Crippen LogP contribution in [0.3, 0.4) is 0 Å². The summed E-state index contributed by atoms with van der Waals surface area (Å²) in [4.78, 5) is 0. The normalized spacial score (nSPS) is 12.4. The van der Waals surface area contributed by atoms with Crippen molar-refractivity contribution in [3.63, 3.8) is 0 Å². The predicted molar refractivity (Wildman–Crippen MR) is 67.2 cm³/mol. The number of alkyl halides is 3. The fraction of sp³-hybridized carbons (Fsp3) is 0.143. The molecule has 0 N–H and O–H groups in total. The van der Waals surface area contributed by atoms with Crippen LogP contribution in [-0.2, 0) is 0 Å². The SMILES string of the molecule is FC(F)Oc1cccc(C(Cl)c2ccccc2)c1. The van der Waals surface area contributed by atoms with Gasteiger partial charge in [-0.2, -0.15) is 8.78 Å². The summed E-state index contributed by atoms with van der Waals surface area (Å²) in [6.07, 6.45) is 0. The fourth-order valence-corrected chi connectivity index (χ4v) is 1.94. The van der Waals surface area contributed by atoms with Crippen molar-refractivity contribution >= 4 is 11.6 Å². The second kappa shape index (κ2) is 5.83. The van der Waals surface area contributed by atoms with Crippen LogP contribution in [0.15, 0.2) is 54.6 Å². The summed E-state index contributed by atoms with van der Waals surface area (Å²) in [7, 11) is 0. The maximum atomic E-state index is 12.1. The van der Waals surface area contributed by atoms with Gasteiger partial charge in [0.2, 0.25) is 0 Å². The third-order valence-electron chi connectivity index (χ3n) is 2.47. The van der Waals surface area contributed by atoms with E-state index in [0.29, 0.717) is 0 Å². The summed E-state index contributed by atoms with van der Waals surface area (Å²) in [5.41, 5.74) is 1.63. The van der Waals surface area contributed by atoms with E-state index < -0.39 is 6.61 Å². The first-order valence-corrected chi connectivity index (χ1v) is 5.84. The van der Waals surface area contributed by atoms with Crippen LogP contribution in [0, 0.1) is 0 Å². The summed E-state index contributed by atoms with van der Waals surface area (Å²) < 4.78 is 28.6. The van der Waals surface area contributed by atoms with E-state index in [2.05, 4.69) is 4.74 Å². The molecule has 0 heterocycles. The Morgan fingerprint density at radius 1 is 0.889 bits per heavy atom. The lowest BCUT2D eigenvalue weighted by Crippen LogP contribution is -2.02. The van der Waals surface area contributed by atoms with Gasteiger partial charge in [0, 0.05) is 0 Å². The third-order valence-corrected chi connectivity index (χ3v) is 2.97. The summed E-state index contributed by atoms with van der Waals surface area (Å²) in [6, 6.07) is 15.9. The Morgan fingerprint density at radius 3 is 2.22 bits per heavy atom. The van der Waals surface area contributed by atoms with Crippen molar-refractivity contribution < 1.29 is 13.5 Å². The fourth-order valence-electron chi connectivity index (χ4n) is 1.66. The van der Waals surface area contributed by atoms with E-state index in [1.54, 1.807) is 12.1 Å². The highest BCUT2D eigenvalue weighted by atomic mass is 35.5. The monoisotopic (exact) mass is 268 g/mol. The maximum absolute atomic E-state index is 12.1. The molecular formula is C14H11ClF2O. The summed E-state index contributed by atoms with van der Waals surface area (Å²) >= 11 is 6.30. The van der Waals surface area contributed by atoms with Gasteiger partial charge in [-0.15, -0.1) is 11.6 Å². The summed E-state index contributed by atoms with van der Waals surface area (Å²) in [5.74, 6) is 0.115. The number of hydrogen-bond donors (Lipinski definition) is 0. The molecule has 0 radical (unpaired) electrons. The van der Waals surface area contributed by atoms with Crippen LogP contribution in [0.2, 0.25) is 0 Å². The molecule has 0 amide bonds. The zero-order chi connectivity index (χ0) is 13.0. The van der Waals surface area contributed by atoms with Crippen LogP contribution in [0.4, 0.5) is 8.78 Å². The molecule has 1 nitrogen and oxygen atoms in total. The lowest BCUT2D eigenvalue weighted by molar-refractivity contribution is -0.0498. The van der Waals surface area contributed by atoms with E-state index in [4.69, 9.17) is 11.6 Å². The van der Waals surface area contributed by atoms with Gasteiger partial charge in [-0.3, -0.25) is 0 Å². The number of hydrogen-bond acceptors (Lipinski definition) is 1. The highest BCUT2D eigenvalue weighted by Crippen LogP contribution is 2.30. The smallest absolute Gasteiger partial charge is 0.387 e. The molecule has 0 aliphatic heterocycles. The Labute approximate surface area is 109 Å². The van der Waals surface area contributed by atoms with Gasteiger partial charge in [0.15, 0.2) is 0 Å². The second-order valence-corrected chi connectivity index (χ2v) is 4.16. The van der Waals surface area contributed by atoms with Crippen molar-refractivity contribution in [3.05, 3.63) is 65.7 Å². The molecule has 2 aromatic carbocycles. The summed E-state index contributed by atoms with van der Waals surface area (Å²) in [6.45, 7) is -2.83. The molecule has 1 atom stereocenters. The molecule has 94 valence electrons. The topological polar surface area (TPSA) is 9.23 Å². The van der Waals surface area contributed by atoms with Gasteiger partial charge in [0.25, 0.3) is 0 Å². The van der Waals surface area contributed by atoms with Gasteiger partial charge in [0.05, 0.1) is 5.38 Å². The highest BCUT2D eigenvalue weighted by Gasteiger charge is 2.12. The molecule has 0 aliphatic carbocycles. The van der Waals surface area contributed by atoms with Crippen molar-refractivity contribution in [1.82, 2.24) is 0 Å². The number of halogens is 3. The maximum Gasteiger partial charge on any atom is 0.387 e. The number of ether oxygens (including phenoxy) is 1. The van der Waals surface area contributed by atoms with Crippen molar-refractivity contribution in [2.45, 2.75) is 12.0 Å².